The monoisotopic (exact) mass is 181 g/mol. The Morgan fingerprint density at radius 1 is 1.31 bits per heavy atom. The molecule has 0 bridgehead atoms. The Morgan fingerprint density at radius 2 is 1.85 bits per heavy atom. The fourth-order valence-corrected chi connectivity index (χ4v) is 1.72. The molecule has 0 aliphatic carbocycles. The zero-order valence-electron chi connectivity index (χ0n) is 9.43. The molecule has 1 aromatic rings. The van der Waals surface area contributed by atoms with Gasteiger partial charge < -0.3 is 9.30 Å². The van der Waals surface area contributed by atoms with E-state index in [1.807, 2.05) is 0 Å². The molecule has 0 unspecified atom stereocenters. The normalized spacial score (nSPS) is 11.8. The zero-order valence-corrected chi connectivity index (χ0v) is 9.43. The molecule has 13 heavy (non-hydrogen) atoms. The van der Waals surface area contributed by atoms with Crippen LogP contribution in [0.25, 0.3) is 0 Å². The number of nitrogens with zero attached hydrogens (tertiary/aromatic N) is 1. The van der Waals surface area contributed by atoms with Crippen molar-refractivity contribution in [1.82, 2.24) is 4.57 Å². The van der Waals surface area contributed by atoms with Crippen LogP contribution in [-0.4, -0.2) is 11.7 Å². The number of hydrogen-bond donors (Lipinski definition) is 0. The fraction of sp³-hybridized carbons (Fsp3) is 0.636. The molecular formula is C11H19NO. The maximum Gasteiger partial charge on any atom is 0.140 e. The number of rotatable bonds is 1. The van der Waals surface area contributed by atoms with E-state index in [4.69, 9.17) is 4.74 Å². The van der Waals surface area contributed by atoms with Crippen LogP contribution in [0.5, 0.6) is 5.75 Å². The van der Waals surface area contributed by atoms with Gasteiger partial charge in [0.1, 0.15) is 5.75 Å². The first-order valence-corrected chi connectivity index (χ1v) is 4.58. The molecule has 0 spiro atoms. The molecule has 0 N–H and O–H groups in total. The molecule has 0 radical (unpaired) electrons. The van der Waals surface area contributed by atoms with E-state index in [0.717, 1.165) is 5.75 Å². The SMILES string of the molecule is COc1cc(C)n(C)c1C(C)(C)C. The van der Waals surface area contributed by atoms with Crippen molar-refractivity contribution in [1.29, 1.82) is 0 Å². The summed E-state index contributed by atoms with van der Waals surface area (Å²) in [6.07, 6.45) is 0. The Balaban J connectivity index is 3.33. The third-order valence-electron chi connectivity index (χ3n) is 2.37. The maximum atomic E-state index is 5.35. The van der Waals surface area contributed by atoms with Crippen molar-refractivity contribution >= 4 is 0 Å². The Labute approximate surface area is 80.5 Å². The molecule has 1 rings (SSSR count). The lowest BCUT2D eigenvalue weighted by atomic mass is 9.91. The van der Waals surface area contributed by atoms with Crippen molar-refractivity contribution in [2.45, 2.75) is 33.1 Å². The third kappa shape index (κ3) is 1.71. The number of aromatic nitrogens is 1. The second-order valence-electron chi connectivity index (χ2n) is 4.51. The van der Waals surface area contributed by atoms with Crippen LogP contribution in [0, 0.1) is 6.92 Å². The van der Waals surface area contributed by atoms with Gasteiger partial charge in [-0.2, -0.15) is 0 Å². The minimum atomic E-state index is 0.133. The largest absolute Gasteiger partial charge is 0.495 e. The molecule has 0 saturated heterocycles. The lowest BCUT2D eigenvalue weighted by molar-refractivity contribution is 0.392. The van der Waals surface area contributed by atoms with Gasteiger partial charge in [0.15, 0.2) is 0 Å². The van der Waals surface area contributed by atoms with Crippen molar-refractivity contribution in [2.24, 2.45) is 7.05 Å². The molecule has 2 heteroatoms. The van der Waals surface area contributed by atoms with Gasteiger partial charge in [0.2, 0.25) is 0 Å². The molecule has 0 aliphatic heterocycles. The van der Waals surface area contributed by atoms with E-state index >= 15 is 0 Å². The minimum absolute atomic E-state index is 0.133. The Hall–Kier alpha value is -0.920. The van der Waals surface area contributed by atoms with Gasteiger partial charge in [-0.05, 0) is 6.92 Å². The highest BCUT2D eigenvalue weighted by molar-refractivity contribution is 5.38. The first-order valence-electron chi connectivity index (χ1n) is 4.58. The summed E-state index contributed by atoms with van der Waals surface area (Å²) < 4.78 is 7.55. The number of ether oxygens (including phenoxy) is 1. The quantitative estimate of drug-likeness (QED) is 0.649. The van der Waals surface area contributed by atoms with E-state index < -0.39 is 0 Å². The molecule has 0 atom stereocenters. The van der Waals surface area contributed by atoms with Gasteiger partial charge in [0.25, 0.3) is 0 Å². The van der Waals surface area contributed by atoms with E-state index in [1.54, 1.807) is 7.11 Å². The summed E-state index contributed by atoms with van der Waals surface area (Å²) in [5.41, 5.74) is 2.63. The van der Waals surface area contributed by atoms with Crippen LogP contribution in [0.1, 0.15) is 32.2 Å². The second-order valence-corrected chi connectivity index (χ2v) is 4.51. The van der Waals surface area contributed by atoms with Gasteiger partial charge in [0.05, 0.1) is 12.8 Å². The van der Waals surface area contributed by atoms with Crippen LogP contribution in [-0.2, 0) is 12.5 Å². The lowest BCUT2D eigenvalue weighted by Gasteiger charge is -2.21. The van der Waals surface area contributed by atoms with Gasteiger partial charge in [-0.3, -0.25) is 0 Å². The van der Waals surface area contributed by atoms with Crippen molar-refractivity contribution in [3.8, 4) is 5.75 Å². The van der Waals surface area contributed by atoms with E-state index in [9.17, 15) is 0 Å². The minimum Gasteiger partial charge on any atom is -0.495 e. The highest BCUT2D eigenvalue weighted by atomic mass is 16.5. The lowest BCUT2D eigenvalue weighted by Crippen LogP contribution is -2.17. The summed E-state index contributed by atoms with van der Waals surface area (Å²) >= 11 is 0. The number of hydrogen-bond acceptors (Lipinski definition) is 1. The van der Waals surface area contributed by atoms with Gasteiger partial charge in [-0.25, -0.2) is 0 Å². The molecule has 0 aliphatic rings. The van der Waals surface area contributed by atoms with Gasteiger partial charge in [0, 0.05) is 24.2 Å². The fourth-order valence-electron chi connectivity index (χ4n) is 1.72. The molecule has 74 valence electrons. The topological polar surface area (TPSA) is 14.2 Å². The Morgan fingerprint density at radius 3 is 2.15 bits per heavy atom. The van der Waals surface area contributed by atoms with Crippen molar-refractivity contribution in [3.05, 3.63) is 17.5 Å². The van der Waals surface area contributed by atoms with Crippen molar-refractivity contribution in [3.63, 3.8) is 0 Å². The van der Waals surface area contributed by atoms with Crippen LogP contribution in [0.15, 0.2) is 6.07 Å². The van der Waals surface area contributed by atoms with Gasteiger partial charge in [-0.15, -0.1) is 0 Å². The van der Waals surface area contributed by atoms with Crippen LogP contribution < -0.4 is 4.74 Å². The van der Waals surface area contributed by atoms with Crippen LogP contribution in [0.2, 0.25) is 0 Å². The summed E-state index contributed by atoms with van der Waals surface area (Å²) in [5, 5.41) is 0. The molecule has 0 aromatic carbocycles. The molecule has 0 saturated carbocycles. The Bertz CT molecular complexity index is 305. The van der Waals surface area contributed by atoms with Crippen molar-refractivity contribution < 1.29 is 4.74 Å². The number of methoxy groups -OCH3 is 1. The average molecular weight is 181 g/mol. The second kappa shape index (κ2) is 3.09. The van der Waals surface area contributed by atoms with Crippen LogP contribution in [0.3, 0.4) is 0 Å². The molecular weight excluding hydrogens is 162 g/mol. The first-order chi connectivity index (χ1) is 5.88. The standard InChI is InChI=1S/C11H19NO/c1-8-7-9(13-6)10(12(8)5)11(2,3)4/h7H,1-6H3. The summed E-state index contributed by atoms with van der Waals surface area (Å²) in [5.74, 6) is 0.993. The summed E-state index contributed by atoms with van der Waals surface area (Å²) in [6.45, 7) is 8.69. The average Bonchev–Trinajstić information content (AvgIpc) is 2.26. The maximum absolute atomic E-state index is 5.35. The summed E-state index contributed by atoms with van der Waals surface area (Å²) in [4.78, 5) is 0. The smallest absolute Gasteiger partial charge is 0.140 e. The zero-order chi connectivity index (χ0) is 10.2. The molecule has 1 aromatic heterocycles. The highest BCUT2D eigenvalue weighted by Crippen LogP contribution is 2.33. The van der Waals surface area contributed by atoms with E-state index in [-0.39, 0.29) is 5.41 Å². The summed E-state index contributed by atoms with van der Waals surface area (Å²) in [7, 11) is 3.81. The van der Waals surface area contributed by atoms with E-state index in [1.165, 1.54) is 11.4 Å². The first kappa shape index (κ1) is 10.2. The van der Waals surface area contributed by atoms with Crippen LogP contribution in [0.4, 0.5) is 0 Å². The predicted molar refractivity (Wildman–Crippen MR) is 55.4 cm³/mol. The molecule has 2 nitrogen and oxygen atoms in total. The van der Waals surface area contributed by atoms with E-state index in [0.29, 0.717) is 0 Å². The van der Waals surface area contributed by atoms with Crippen LogP contribution >= 0.6 is 0 Å². The van der Waals surface area contributed by atoms with Crippen molar-refractivity contribution in [2.75, 3.05) is 7.11 Å². The van der Waals surface area contributed by atoms with E-state index in [2.05, 4.69) is 45.4 Å². The van der Waals surface area contributed by atoms with Gasteiger partial charge in [-0.1, -0.05) is 20.8 Å². The third-order valence-corrected chi connectivity index (χ3v) is 2.37. The highest BCUT2D eigenvalue weighted by Gasteiger charge is 2.23. The molecule has 1 heterocycles. The molecule has 0 fully saturated rings. The number of aryl methyl sites for hydroxylation is 1. The summed E-state index contributed by atoms with van der Waals surface area (Å²) in [6, 6.07) is 2.08. The predicted octanol–water partition coefficient (Wildman–Crippen LogP) is 2.64. The Kier molecular flexibility index (Phi) is 2.42. The van der Waals surface area contributed by atoms with Gasteiger partial charge >= 0.3 is 0 Å². The molecule has 0 amide bonds.